The summed E-state index contributed by atoms with van der Waals surface area (Å²) >= 11 is 3.60. The number of nitrogens with zero attached hydrogens (tertiary/aromatic N) is 1. The predicted molar refractivity (Wildman–Crippen MR) is 128 cm³/mol. The molecule has 3 aromatic carbocycles. The van der Waals surface area contributed by atoms with E-state index in [1.54, 1.807) is 0 Å². The van der Waals surface area contributed by atoms with Crippen molar-refractivity contribution in [2.45, 2.75) is 26.2 Å². The Morgan fingerprint density at radius 1 is 1.00 bits per heavy atom. The summed E-state index contributed by atoms with van der Waals surface area (Å²) in [5, 5.41) is 0. The maximum absolute atomic E-state index is 6.41. The molecule has 0 fully saturated rings. The van der Waals surface area contributed by atoms with E-state index in [2.05, 4.69) is 82.4 Å². The molecular formula is C26H25BrN3+. The third kappa shape index (κ3) is 4.44. The van der Waals surface area contributed by atoms with Crippen LogP contribution in [-0.2, 0) is 0 Å². The highest BCUT2D eigenvalue weighted by atomic mass is 79.9. The Labute approximate surface area is 186 Å². The maximum atomic E-state index is 6.41. The van der Waals surface area contributed by atoms with E-state index in [0.29, 0.717) is 0 Å². The van der Waals surface area contributed by atoms with Crippen molar-refractivity contribution >= 4 is 33.2 Å². The number of benzene rings is 3. The summed E-state index contributed by atoms with van der Waals surface area (Å²) in [7, 11) is 0. The Bertz CT molecular complexity index is 1140. The number of aryl methyl sites for hydroxylation is 1. The van der Waals surface area contributed by atoms with Gasteiger partial charge in [0.1, 0.15) is 5.71 Å². The van der Waals surface area contributed by atoms with Gasteiger partial charge < -0.3 is 5.73 Å². The second-order valence-electron chi connectivity index (χ2n) is 7.67. The van der Waals surface area contributed by atoms with Crippen molar-refractivity contribution in [3.8, 4) is 0 Å². The van der Waals surface area contributed by atoms with Gasteiger partial charge in [-0.1, -0.05) is 76.1 Å². The quantitative estimate of drug-likeness (QED) is 0.582. The number of halogens is 1. The van der Waals surface area contributed by atoms with E-state index in [1.807, 2.05) is 31.2 Å². The van der Waals surface area contributed by atoms with Gasteiger partial charge in [-0.2, -0.15) is 0 Å². The van der Waals surface area contributed by atoms with Gasteiger partial charge in [0.2, 0.25) is 0 Å². The highest BCUT2D eigenvalue weighted by molar-refractivity contribution is 9.10. The van der Waals surface area contributed by atoms with Crippen LogP contribution in [0.3, 0.4) is 0 Å². The normalized spacial score (nSPS) is 19.5. The van der Waals surface area contributed by atoms with Crippen LogP contribution in [0.25, 0.3) is 0 Å². The molecule has 0 spiro atoms. The molecule has 4 heteroatoms. The molecule has 150 valence electrons. The zero-order valence-corrected chi connectivity index (χ0v) is 18.8. The number of nitrogens with one attached hydrogen (secondary N) is 1. The molecule has 1 unspecified atom stereocenters. The fraction of sp³-hybridized carbons (Fsp3) is 0.154. The lowest BCUT2D eigenvalue weighted by Gasteiger charge is -2.24. The van der Waals surface area contributed by atoms with E-state index in [4.69, 9.17) is 10.7 Å². The van der Waals surface area contributed by atoms with Crippen molar-refractivity contribution in [3.05, 3.63) is 111 Å². The van der Waals surface area contributed by atoms with Crippen molar-refractivity contribution in [3.63, 3.8) is 0 Å². The molecular weight excluding hydrogens is 434 g/mol. The Balaban J connectivity index is 1.90. The van der Waals surface area contributed by atoms with E-state index < -0.39 is 0 Å². The van der Waals surface area contributed by atoms with Gasteiger partial charge in [0, 0.05) is 28.1 Å². The summed E-state index contributed by atoms with van der Waals surface area (Å²) in [6, 6.07) is 27.1. The lowest BCUT2D eigenvalue weighted by atomic mass is 9.81. The third-order valence-corrected chi connectivity index (χ3v) is 5.85. The zero-order valence-electron chi connectivity index (χ0n) is 17.2. The zero-order chi connectivity index (χ0) is 21.1. The van der Waals surface area contributed by atoms with Gasteiger partial charge in [0.25, 0.3) is 0 Å². The van der Waals surface area contributed by atoms with Crippen LogP contribution in [0.2, 0.25) is 0 Å². The van der Waals surface area contributed by atoms with Gasteiger partial charge in [-0.3, -0.25) is 0 Å². The van der Waals surface area contributed by atoms with E-state index in [1.165, 1.54) is 11.1 Å². The smallest absolute Gasteiger partial charge is 0.327 e. The second kappa shape index (κ2) is 8.80. The molecule has 0 radical (unpaired) electrons. The van der Waals surface area contributed by atoms with Crippen LogP contribution in [0.15, 0.2) is 99.6 Å². The van der Waals surface area contributed by atoms with Crippen LogP contribution >= 0.6 is 15.9 Å². The molecule has 1 aliphatic rings. The molecule has 3 aromatic rings. The van der Waals surface area contributed by atoms with Gasteiger partial charge in [0.05, 0.1) is 5.57 Å². The molecule has 1 atom stereocenters. The number of hydrogen-bond acceptors (Lipinski definition) is 2. The summed E-state index contributed by atoms with van der Waals surface area (Å²) in [4.78, 5) is 8.57. The molecule has 0 amide bonds. The molecule has 1 heterocycles. The minimum Gasteiger partial charge on any atom is -0.402 e. The minimum absolute atomic E-state index is 0.135. The molecule has 1 aliphatic heterocycles. The fourth-order valence-electron chi connectivity index (χ4n) is 3.87. The Morgan fingerprint density at radius 3 is 2.40 bits per heavy atom. The average molecular weight is 459 g/mol. The Kier molecular flexibility index (Phi) is 5.96. The molecule has 0 saturated carbocycles. The van der Waals surface area contributed by atoms with Crippen LogP contribution in [0.5, 0.6) is 0 Å². The van der Waals surface area contributed by atoms with Crippen LogP contribution < -0.4 is 10.7 Å². The van der Waals surface area contributed by atoms with Gasteiger partial charge in [-0.05, 0) is 48.7 Å². The van der Waals surface area contributed by atoms with E-state index in [9.17, 15) is 0 Å². The monoisotopic (exact) mass is 458 g/mol. The standard InChI is InChI=1S/C26H24BrN3/c1-17-11-13-22(14-12-17)29-26-25(18(2)28)23(19-7-4-3-5-8-19)16-24(30-26)20-9-6-10-21(27)15-20/h3-15,23H,16,28H2,1-2H3/p+1. The first-order valence-corrected chi connectivity index (χ1v) is 10.9. The second-order valence-corrected chi connectivity index (χ2v) is 8.59. The first kappa shape index (κ1) is 20.3. The van der Waals surface area contributed by atoms with E-state index in [0.717, 1.165) is 45.0 Å². The number of nitrogens with two attached hydrogens (primary N) is 1. The summed E-state index contributed by atoms with van der Waals surface area (Å²) < 4.78 is 1.05. The maximum Gasteiger partial charge on any atom is 0.327 e. The van der Waals surface area contributed by atoms with Crippen molar-refractivity contribution < 1.29 is 4.99 Å². The summed E-state index contributed by atoms with van der Waals surface area (Å²) in [5.41, 5.74) is 13.9. The van der Waals surface area contributed by atoms with Gasteiger partial charge in [-0.25, -0.2) is 4.99 Å². The summed E-state index contributed by atoms with van der Waals surface area (Å²) in [6.07, 6.45) is 0.831. The highest BCUT2D eigenvalue weighted by Gasteiger charge is 2.34. The minimum atomic E-state index is 0.135. The predicted octanol–water partition coefficient (Wildman–Crippen LogP) is 4.78. The number of amidine groups is 1. The number of hydrogen-bond donors (Lipinski definition) is 2. The van der Waals surface area contributed by atoms with E-state index in [-0.39, 0.29) is 5.92 Å². The largest absolute Gasteiger partial charge is 0.402 e. The molecule has 0 saturated heterocycles. The van der Waals surface area contributed by atoms with Crippen molar-refractivity contribution in [1.82, 2.24) is 0 Å². The highest BCUT2D eigenvalue weighted by Crippen LogP contribution is 2.32. The molecule has 4 rings (SSSR count). The lowest BCUT2D eigenvalue weighted by Crippen LogP contribution is -2.80. The molecule has 0 aliphatic carbocycles. The summed E-state index contributed by atoms with van der Waals surface area (Å²) in [5.74, 6) is 0.949. The first-order valence-electron chi connectivity index (χ1n) is 10.1. The number of aliphatic imine (C=N–C) groups is 1. The van der Waals surface area contributed by atoms with Crippen LogP contribution in [-0.4, -0.2) is 11.5 Å². The molecule has 0 aromatic heterocycles. The SMILES string of the molecule is CC(N)=C1C(=Nc2ccc(C)cc2)[NH+]=C(c2cccc(Br)c2)CC1c1ccccc1. The molecule has 0 bridgehead atoms. The van der Waals surface area contributed by atoms with Crippen LogP contribution in [0, 0.1) is 6.92 Å². The lowest BCUT2D eigenvalue weighted by molar-refractivity contribution is -0.319. The third-order valence-electron chi connectivity index (χ3n) is 5.36. The molecule has 3 nitrogen and oxygen atoms in total. The van der Waals surface area contributed by atoms with Crippen molar-refractivity contribution in [2.75, 3.05) is 0 Å². The molecule has 3 N–H and O–H groups in total. The Morgan fingerprint density at radius 2 is 1.73 bits per heavy atom. The molecule has 30 heavy (non-hydrogen) atoms. The fourth-order valence-corrected chi connectivity index (χ4v) is 4.27. The van der Waals surface area contributed by atoms with E-state index >= 15 is 0 Å². The van der Waals surface area contributed by atoms with Crippen molar-refractivity contribution in [1.29, 1.82) is 0 Å². The van der Waals surface area contributed by atoms with Crippen LogP contribution in [0.4, 0.5) is 5.69 Å². The van der Waals surface area contributed by atoms with Gasteiger partial charge in [-0.15, -0.1) is 0 Å². The number of rotatable bonds is 3. The Hall–Kier alpha value is -2.98. The number of allylic oxidation sites excluding steroid dienone is 1. The average Bonchev–Trinajstić information content (AvgIpc) is 2.75. The van der Waals surface area contributed by atoms with Crippen LogP contribution in [0.1, 0.15) is 36.0 Å². The van der Waals surface area contributed by atoms with Gasteiger partial charge >= 0.3 is 5.84 Å². The summed E-state index contributed by atoms with van der Waals surface area (Å²) in [6.45, 7) is 4.04. The van der Waals surface area contributed by atoms with Crippen molar-refractivity contribution in [2.24, 2.45) is 10.7 Å². The van der Waals surface area contributed by atoms with Gasteiger partial charge in [0.15, 0.2) is 5.69 Å². The topological polar surface area (TPSA) is 52.3 Å². The first-order chi connectivity index (χ1) is 14.5.